The molecule has 106 valence electrons. The van der Waals surface area contributed by atoms with Crippen molar-refractivity contribution < 1.29 is 14.9 Å². The summed E-state index contributed by atoms with van der Waals surface area (Å²) < 4.78 is 5.10. The van der Waals surface area contributed by atoms with E-state index in [1.54, 1.807) is 12.1 Å². The normalized spacial score (nSPS) is 8.95. The zero-order valence-corrected chi connectivity index (χ0v) is 12.3. The van der Waals surface area contributed by atoms with Crippen LogP contribution in [0.5, 0.6) is 0 Å². The summed E-state index contributed by atoms with van der Waals surface area (Å²) in [4.78, 5) is 3.99. The Bertz CT molecular complexity index is 400. The average Bonchev–Trinajstić information content (AvgIpc) is 2.32. The standard InChI is InChI=1S/C9H11ClN2O2S.CH3NOS/c10-7-2-3-8(11-6-7)12-9(15)14-5-1-4-13;2-1(3)4/h2-3,6,13H,1,4-5H2,(H,11,12,15);(H3,2,3,4). The van der Waals surface area contributed by atoms with Crippen molar-refractivity contribution in [3.8, 4) is 0 Å². The number of thiocarbonyl (C=S) groups is 2. The maximum Gasteiger partial charge on any atom is 0.262 e. The van der Waals surface area contributed by atoms with Gasteiger partial charge in [0, 0.05) is 19.2 Å². The van der Waals surface area contributed by atoms with Gasteiger partial charge in [-0.1, -0.05) is 11.6 Å². The van der Waals surface area contributed by atoms with Crippen molar-refractivity contribution in [2.45, 2.75) is 6.42 Å². The Balaban J connectivity index is 0.000000711. The number of aliphatic hydroxyl groups is 2. The summed E-state index contributed by atoms with van der Waals surface area (Å²) in [5, 5.41) is 19.2. The third-order valence-corrected chi connectivity index (χ3v) is 1.94. The zero-order chi connectivity index (χ0) is 14.7. The molecular weight excluding hydrogens is 310 g/mol. The molecule has 0 saturated carbocycles. The van der Waals surface area contributed by atoms with Crippen molar-refractivity contribution in [1.29, 1.82) is 0 Å². The molecule has 0 atom stereocenters. The summed E-state index contributed by atoms with van der Waals surface area (Å²) in [6.07, 6.45) is 2.07. The van der Waals surface area contributed by atoms with E-state index in [1.807, 2.05) is 0 Å². The highest BCUT2D eigenvalue weighted by Crippen LogP contribution is 2.09. The maximum atomic E-state index is 8.53. The molecule has 5 N–H and O–H groups in total. The summed E-state index contributed by atoms with van der Waals surface area (Å²) in [6, 6.07) is 3.40. The van der Waals surface area contributed by atoms with E-state index in [0.29, 0.717) is 23.9 Å². The molecule has 0 fully saturated rings. The van der Waals surface area contributed by atoms with E-state index in [-0.39, 0.29) is 11.8 Å². The summed E-state index contributed by atoms with van der Waals surface area (Å²) in [7, 11) is 0. The van der Waals surface area contributed by atoms with Gasteiger partial charge in [0.05, 0.1) is 11.6 Å². The number of halogens is 1. The molecule has 1 aromatic heterocycles. The molecule has 0 spiro atoms. The Morgan fingerprint density at radius 3 is 2.58 bits per heavy atom. The van der Waals surface area contributed by atoms with E-state index < -0.39 is 5.17 Å². The zero-order valence-electron chi connectivity index (χ0n) is 9.88. The van der Waals surface area contributed by atoms with Gasteiger partial charge in [0.15, 0.2) is 0 Å². The quantitative estimate of drug-likeness (QED) is 0.490. The van der Waals surface area contributed by atoms with Crippen LogP contribution in [-0.4, -0.2) is 38.8 Å². The van der Waals surface area contributed by atoms with Gasteiger partial charge in [-0.05, 0) is 36.6 Å². The van der Waals surface area contributed by atoms with Crippen LogP contribution in [0.25, 0.3) is 0 Å². The number of nitrogens with one attached hydrogen (secondary N) is 1. The number of anilines is 1. The summed E-state index contributed by atoms with van der Waals surface area (Å²) in [5.74, 6) is 0.577. The Labute approximate surface area is 126 Å². The van der Waals surface area contributed by atoms with Crippen molar-refractivity contribution >= 4 is 52.2 Å². The van der Waals surface area contributed by atoms with E-state index >= 15 is 0 Å². The SMILES string of the molecule is NC(O)=S.OCCCOC(=S)Nc1ccc(Cl)cn1. The molecule has 9 heteroatoms. The number of ether oxygens (including phenoxy) is 1. The largest absolute Gasteiger partial charge is 0.487 e. The van der Waals surface area contributed by atoms with Crippen molar-refractivity contribution in [2.75, 3.05) is 18.5 Å². The van der Waals surface area contributed by atoms with Gasteiger partial charge >= 0.3 is 0 Å². The number of hydrogen-bond acceptors (Lipinski definition) is 5. The van der Waals surface area contributed by atoms with E-state index in [4.69, 9.17) is 38.8 Å². The number of aliphatic hydroxyl groups excluding tert-OH is 2. The molecule has 0 saturated heterocycles. The smallest absolute Gasteiger partial charge is 0.262 e. The third kappa shape index (κ3) is 11.6. The fourth-order valence-corrected chi connectivity index (χ4v) is 1.12. The summed E-state index contributed by atoms with van der Waals surface area (Å²) in [5.41, 5.74) is 4.40. The molecule has 0 aliphatic carbocycles. The second-order valence-electron chi connectivity index (χ2n) is 3.04. The second kappa shape index (κ2) is 10.7. The van der Waals surface area contributed by atoms with Gasteiger partial charge in [-0.15, -0.1) is 0 Å². The molecule has 6 nitrogen and oxygen atoms in total. The van der Waals surface area contributed by atoms with Crippen LogP contribution in [-0.2, 0) is 4.74 Å². The molecule has 0 amide bonds. The van der Waals surface area contributed by atoms with Gasteiger partial charge in [-0.2, -0.15) is 0 Å². The van der Waals surface area contributed by atoms with Crippen LogP contribution in [0.3, 0.4) is 0 Å². The van der Waals surface area contributed by atoms with Crippen molar-refractivity contribution in [1.82, 2.24) is 4.98 Å². The lowest BCUT2D eigenvalue weighted by molar-refractivity contribution is 0.230. The molecule has 19 heavy (non-hydrogen) atoms. The van der Waals surface area contributed by atoms with Gasteiger partial charge in [0.1, 0.15) is 5.82 Å². The number of pyridine rings is 1. The molecule has 0 aliphatic rings. The predicted octanol–water partition coefficient (Wildman–Crippen LogP) is 1.62. The number of rotatable bonds is 4. The van der Waals surface area contributed by atoms with Crippen LogP contribution in [0.2, 0.25) is 5.02 Å². The van der Waals surface area contributed by atoms with Gasteiger partial charge in [-0.3, -0.25) is 0 Å². The molecule has 0 aliphatic heterocycles. The lowest BCUT2D eigenvalue weighted by Crippen LogP contribution is -2.15. The summed E-state index contributed by atoms with van der Waals surface area (Å²) in [6.45, 7) is 0.470. The van der Waals surface area contributed by atoms with Crippen molar-refractivity contribution in [3.63, 3.8) is 0 Å². The predicted molar refractivity (Wildman–Crippen MR) is 82.5 cm³/mol. The minimum atomic E-state index is -0.500. The lowest BCUT2D eigenvalue weighted by Gasteiger charge is -2.08. The Morgan fingerprint density at radius 2 is 2.11 bits per heavy atom. The molecule has 0 aromatic carbocycles. The Kier molecular flexibility index (Phi) is 9.99. The Hall–Kier alpha value is -1.22. The van der Waals surface area contributed by atoms with Gasteiger partial charge < -0.3 is 26.0 Å². The van der Waals surface area contributed by atoms with Gasteiger partial charge in [0.2, 0.25) is 0 Å². The number of nitrogens with zero attached hydrogens (tertiary/aromatic N) is 1. The first-order valence-electron chi connectivity index (χ1n) is 5.10. The number of nitrogens with two attached hydrogens (primary N) is 1. The van der Waals surface area contributed by atoms with Crippen molar-refractivity contribution in [3.05, 3.63) is 23.4 Å². The highest BCUT2D eigenvalue weighted by atomic mass is 35.5. The second-order valence-corrected chi connectivity index (χ2v) is 4.26. The van der Waals surface area contributed by atoms with Crippen LogP contribution in [0.1, 0.15) is 6.42 Å². The molecule has 0 unspecified atom stereocenters. The maximum absolute atomic E-state index is 8.53. The first-order chi connectivity index (χ1) is 8.95. The topological polar surface area (TPSA) is 101 Å². The van der Waals surface area contributed by atoms with Crippen LogP contribution in [0.4, 0.5) is 5.82 Å². The van der Waals surface area contributed by atoms with Crippen LogP contribution < -0.4 is 11.1 Å². The van der Waals surface area contributed by atoms with E-state index in [9.17, 15) is 0 Å². The molecule has 1 rings (SSSR count). The van der Waals surface area contributed by atoms with Crippen LogP contribution in [0.15, 0.2) is 18.3 Å². The van der Waals surface area contributed by atoms with Gasteiger partial charge in [-0.25, -0.2) is 4.98 Å². The average molecular weight is 324 g/mol. The third-order valence-electron chi connectivity index (χ3n) is 1.49. The number of hydrogen-bond donors (Lipinski definition) is 4. The fraction of sp³-hybridized carbons (Fsp3) is 0.300. The molecule has 0 bridgehead atoms. The molecule has 1 aromatic rings. The van der Waals surface area contributed by atoms with E-state index in [2.05, 4.69) is 28.3 Å². The highest BCUT2D eigenvalue weighted by molar-refractivity contribution is 7.80. The minimum absolute atomic E-state index is 0.0851. The minimum Gasteiger partial charge on any atom is -0.487 e. The summed E-state index contributed by atoms with van der Waals surface area (Å²) >= 11 is 14.4. The first-order valence-corrected chi connectivity index (χ1v) is 6.29. The lowest BCUT2D eigenvalue weighted by atomic mass is 10.5. The fourth-order valence-electron chi connectivity index (χ4n) is 0.820. The molecular formula is C10H14ClN3O3S2. The van der Waals surface area contributed by atoms with Gasteiger partial charge in [0.25, 0.3) is 10.3 Å². The van der Waals surface area contributed by atoms with E-state index in [1.165, 1.54) is 6.20 Å². The first kappa shape index (κ1) is 17.8. The molecule has 0 radical (unpaired) electrons. The monoisotopic (exact) mass is 323 g/mol. The van der Waals surface area contributed by atoms with E-state index in [0.717, 1.165) is 0 Å². The number of aromatic nitrogens is 1. The van der Waals surface area contributed by atoms with Crippen LogP contribution in [0, 0.1) is 0 Å². The molecule has 1 heterocycles. The highest BCUT2D eigenvalue weighted by Gasteiger charge is 1.99. The van der Waals surface area contributed by atoms with Crippen LogP contribution >= 0.6 is 36.0 Å². The Morgan fingerprint density at radius 1 is 1.47 bits per heavy atom. The van der Waals surface area contributed by atoms with Crippen molar-refractivity contribution in [2.24, 2.45) is 5.73 Å².